The van der Waals surface area contributed by atoms with E-state index in [-0.39, 0.29) is 6.04 Å². The van der Waals surface area contributed by atoms with Gasteiger partial charge in [0.25, 0.3) is 0 Å². The summed E-state index contributed by atoms with van der Waals surface area (Å²) in [6.45, 7) is 3.19. The predicted molar refractivity (Wildman–Crippen MR) is 87.8 cm³/mol. The number of rotatable bonds is 5. The zero-order valence-corrected chi connectivity index (χ0v) is 14.1. The van der Waals surface area contributed by atoms with Gasteiger partial charge in [-0.05, 0) is 37.5 Å². The van der Waals surface area contributed by atoms with Crippen molar-refractivity contribution in [2.45, 2.75) is 37.2 Å². The zero-order valence-electron chi connectivity index (χ0n) is 13.3. The maximum absolute atomic E-state index is 12.6. The number of hydrogen-bond donors (Lipinski definition) is 1. The second kappa shape index (κ2) is 6.29. The van der Waals surface area contributed by atoms with E-state index in [9.17, 15) is 8.42 Å². The van der Waals surface area contributed by atoms with Crippen LogP contribution in [0.1, 0.15) is 18.9 Å². The van der Waals surface area contributed by atoms with Gasteiger partial charge in [-0.15, -0.1) is 0 Å². The van der Waals surface area contributed by atoms with E-state index in [1.54, 1.807) is 23.1 Å². The average molecular weight is 335 g/mol. The largest absolute Gasteiger partial charge is 0.374 e. The Bertz CT molecular complexity index is 773. The third-order valence-corrected chi connectivity index (χ3v) is 5.59. The second-order valence-corrected chi connectivity index (χ2v) is 7.67. The highest BCUT2D eigenvalue weighted by Gasteiger charge is 2.21. The molecule has 0 aliphatic carbocycles. The summed E-state index contributed by atoms with van der Waals surface area (Å²) in [5.41, 5.74) is 2.21. The van der Waals surface area contributed by atoms with Crippen molar-refractivity contribution in [3.05, 3.63) is 36.4 Å². The lowest BCUT2D eigenvalue weighted by Gasteiger charge is -2.28. The number of benzene rings is 1. The lowest BCUT2D eigenvalue weighted by Crippen LogP contribution is -2.36. The molecule has 0 fully saturated rings. The van der Waals surface area contributed by atoms with E-state index in [0.29, 0.717) is 11.4 Å². The Labute approximate surface area is 136 Å². The molecule has 2 aromatic rings. The molecule has 0 radical (unpaired) electrons. The first kappa shape index (κ1) is 15.9. The Kier molecular flexibility index (Phi) is 4.36. The van der Waals surface area contributed by atoms with Gasteiger partial charge in [-0.3, -0.25) is 4.68 Å². The molecule has 8 heteroatoms. The van der Waals surface area contributed by atoms with Gasteiger partial charge in [0, 0.05) is 25.3 Å². The fourth-order valence-electron chi connectivity index (χ4n) is 2.88. The second-order valence-electron chi connectivity index (χ2n) is 5.96. The Balaban J connectivity index is 1.78. The average Bonchev–Trinajstić information content (AvgIpc) is 2.99. The van der Waals surface area contributed by atoms with Gasteiger partial charge in [0.2, 0.25) is 10.0 Å². The lowest BCUT2D eigenvalue weighted by atomic mass is 10.0. The molecular weight excluding hydrogens is 314 g/mol. The van der Waals surface area contributed by atoms with Crippen LogP contribution in [0.5, 0.6) is 0 Å². The molecule has 1 unspecified atom stereocenters. The summed E-state index contributed by atoms with van der Waals surface area (Å²) >= 11 is 0. The summed E-state index contributed by atoms with van der Waals surface area (Å²) in [6.07, 6.45) is 5.10. The Hall–Kier alpha value is -1.93. The van der Waals surface area contributed by atoms with Crippen molar-refractivity contribution in [1.29, 1.82) is 0 Å². The molecule has 3 rings (SSSR count). The van der Waals surface area contributed by atoms with E-state index in [1.807, 2.05) is 20.0 Å². The summed E-state index contributed by atoms with van der Waals surface area (Å²) in [6, 6.07) is 5.08. The Morgan fingerprint density at radius 1 is 1.39 bits per heavy atom. The molecule has 124 valence electrons. The molecule has 2 heterocycles. The van der Waals surface area contributed by atoms with Crippen molar-refractivity contribution in [1.82, 2.24) is 19.5 Å². The molecule has 1 aromatic heterocycles. The fraction of sp³-hybridized carbons (Fsp3) is 0.467. The monoisotopic (exact) mass is 335 g/mol. The minimum atomic E-state index is -3.56. The molecular formula is C15H21N5O2S. The number of hydrogen-bond acceptors (Lipinski definition) is 5. The molecule has 0 saturated carbocycles. The smallest absolute Gasteiger partial charge is 0.240 e. The van der Waals surface area contributed by atoms with Crippen LogP contribution in [0, 0.1) is 0 Å². The van der Waals surface area contributed by atoms with Crippen molar-refractivity contribution < 1.29 is 8.42 Å². The van der Waals surface area contributed by atoms with Crippen molar-refractivity contribution in [2.75, 3.05) is 18.5 Å². The molecule has 1 atom stereocenters. The number of aryl methyl sites for hydroxylation is 1. The van der Waals surface area contributed by atoms with Crippen LogP contribution in [0.2, 0.25) is 0 Å². The molecule has 0 amide bonds. The van der Waals surface area contributed by atoms with Crippen LogP contribution in [-0.4, -0.2) is 42.8 Å². The SMILES string of the molecule is CC(Cn1cncn1)NS(=O)(=O)c1ccc2c(c1)N(C)CCC2. The molecule has 0 bridgehead atoms. The summed E-state index contributed by atoms with van der Waals surface area (Å²) in [5.74, 6) is 0. The van der Waals surface area contributed by atoms with Crippen LogP contribution in [0.4, 0.5) is 5.69 Å². The minimum Gasteiger partial charge on any atom is -0.374 e. The van der Waals surface area contributed by atoms with Crippen molar-refractivity contribution in [3.63, 3.8) is 0 Å². The van der Waals surface area contributed by atoms with E-state index in [4.69, 9.17) is 0 Å². The topological polar surface area (TPSA) is 80.1 Å². The van der Waals surface area contributed by atoms with Gasteiger partial charge in [-0.25, -0.2) is 18.1 Å². The number of anilines is 1. The number of nitrogens with zero attached hydrogens (tertiary/aromatic N) is 4. The van der Waals surface area contributed by atoms with Crippen molar-refractivity contribution in [2.24, 2.45) is 0 Å². The van der Waals surface area contributed by atoms with Gasteiger partial charge in [0.1, 0.15) is 12.7 Å². The van der Waals surface area contributed by atoms with Crippen LogP contribution in [-0.2, 0) is 23.0 Å². The van der Waals surface area contributed by atoms with Gasteiger partial charge >= 0.3 is 0 Å². The molecule has 23 heavy (non-hydrogen) atoms. The van der Waals surface area contributed by atoms with Gasteiger partial charge in [0.05, 0.1) is 11.4 Å². The van der Waals surface area contributed by atoms with Crippen LogP contribution in [0.15, 0.2) is 35.7 Å². The highest BCUT2D eigenvalue weighted by Crippen LogP contribution is 2.28. The Morgan fingerprint density at radius 2 is 2.22 bits per heavy atom. The molecule has 1 aromatic carbocycles. The fourth-order valence-corrected chi connectivity index (χ4v) is 4.14. The molecule has 0 saturated heterocycles. The van der Waals surface area contributed by atoms with E-state index >= 15 is 0 Å². The number of sulfonamides is 1. The van der Waals surface area contributed by atoms with Crippen LogP contribution in [0.25, 0.3) is 0 Å². The third-order valence-electron chi connectivity index (χ3n) is 4.00. The molecule has 1 N–H and O–H groups in total. The highest BCUT2D eigenvalue weighted by atomic mass is 32.2. The van der Waals surface area contributed by atoms with Gasteiger partial charge < -0.3 is 4.90 Å². The number of aromatic nitrogens is 3. The summed E-state index contributed by atoms with van der Waals surface area (Å²) in [5, 5.41) is 3.99. The van der Waals surface area contributed by atoms with Gasteiger partial charge in [-0.2, -0.15) is 5.10 Å². The quantitative estimate of drug-likeness (QED) is 0.883. The lowest BCUT2D eigenvalue weighted by molar-refractivity contribution is 0.493. The maximum Gasteiger partial charge on any atom is 0.240 e. The predicted octanol–water partition coefficient (Wildman–Crippen LogP) is 1.03. The first-order valence-electron chi connectivity index (χ1n) is 7.64. The van der Waals surface area contributed by atoms with Crippen LogP contribution in [0.3, 0.4) is 0 Å². The Morgan fingerprint density at radius 3 is 2.96 bits per heavy atom. The minimum absolute atomic E-state index is 0.282. The zero-order chi connectivity index (χ0) is 16.4. The summed E-state index contributed by atoms with van der Waals surface area (Å²) in [4.78, 5) is 6.26. The first-order valence-corrected chi connectivity index (χ1v) is 9.13. The van der Waals surface area contributed by atoms with Crippen molar-refractivity contribution >= 4 is 15.7 Å². The van der Waals surface area contributed by atoms with Gasteiger partial charge in [-0.1, -0.05) is 6.07 Å². The van der Waals surface area contributed by atoms with Crippen molar-refractivity contribution in [3.8, 4) is 0 Å². The number of nitrogens with one attached hydrogen (secondary N) is 1. The van der Waals surface area contributed by atoms with E-state index in [0.717, 1.165) is 25.1 Å². The third kappa shape index (κ3) is 3.53. The highest BCUT2D eigenvalue weighted by molar-refractivity contribution is 7.89. The molecule has 1 aliphatic heterocycles. The molecule has 1 aliphatic rings. The van der Waals surface area contributed by atoms with Crippen LogP contribution >= 0.6 is 0 Å². The number of fused-ring (bicyclic) bond motifs is 1. The van der Waals surface area contributed by atoms with Crippen LogP contribution < -0.4 is 9.62 Å². The van der Waals surface area contributed by atoms with Gasteiger partial charge in [0.15, 0.2) is 0 Å². The molecule has 7 nitrogen and oxygen atoms in total. The first-order chi connectivity index (χ1) is 11.0. The van der Waals surface area contributed by atoms with E-state index in [2.05, 4.69) is 19.7 Å². The standard InChI is InChI=1S/C15H21N5O2S/c1-12(9-20-11-16-10-17-20)18-23(21,22)14-6-5-13-4-3-7-19(2)15(13)8-14/h5-6,8,10-12,18H,3-4,7,9H2,1-2H3. The van der Waals surface area contributed by atoms with E-state index in [1.165, 1.54) is 11.9 Å². The normalized spacial score (nSPS) is 16.2. The van der Waals surface area contributed by atoms with E-state index < -0.39 is 10.0 Å². The maximum atomic E-state index is 12.6. The molecule has 0 spiro atoms. The summed E-state index contributed by atoms with van der Waals surface area (Å²) < 4.78 is 29.5. The summed E-state index contributed by atoms with van der Waals surface area (Å²) in [7, 11) is -1.56.